The Balaban J connectivity index is 2.52. The average Bonchev–Trinajstić information content (AvgIpc) is 2.46. The van der Waals surface area contributed by atoms with Gasteiger partial charge in [-0.05, 0) is 23.2 Å². The fraction of sp³-hybridized carbons (Fsp3) is 0.125. The Morgan fingerprint density at radius 2 is 2.19 bits per heavy atom. The molecule has 7 nitrogen and oxygen atoms in total. The molecule has 1 amide bonds. The van der Waals surface area contributed by atoms with Crippen LogP contribution in [-0.2, 0) is 16.6 Å². The Morgan fingerprint density at radius 3 is 2.88 bits per heavy atom. The van der Waals surface area contributed by atoms with E-state index < -0.39 is 15.9 Å². The molecule has 0 saturated carbocycles. The molecule has 8 heteroatoms. The third-order valence-corrected chi connectivity index (χ3v) is 3.51. The highest BCUT2D eigenvalue weighted by molar-refractivity contribution is 7.90. The van der Waals surface area contributed by atoms with Crippen LogP contribution in [0.25, 0.3) is 10.4 Å². The first-order chi connectivity index (χ1) is 7.54. The van der Waals surface area contributed by atoms with Crippen LogP contribution in [0, 0.1) is 0 Å². The van der Waals surface area contributed by atoms with E-state index in [1.165, 1.54) is 18.2 Å². The molecule has 1 aromatic carbocycles. The predicted molar refractivity (Wildman–Crippen MR) is 53.9 cm³/mol. The third-order valence-electron chi connectivity index (χ3n) is 2.12. The number of sulfonamides is 1. The van der Waals surface area contributed by atoms with Gasteiger partial charge in [0.05, 0.1) is 12.1 Å². The summed E-state index contributed by atoms with van der Waals surface area (Å²) in [5, 5.41) is 3.33. The number of hydrogen-bond donors (Lipinski definition) is 1. The average molecular weight is 238 g/mol. The second-order valence-corrected chi connectivity index (χ2v) is 4.80. The van der Waals surface area contributed by atoms with Gasteiger partial charge in [0.15, 0.2) is 0 Å². The monoisotopic (exact) mass is 238 g/mol. The highest BCUT2D eigenvalue weighted by Crippen LogP contribution is 2.23. The zero-order chi connectivity index (χ0) is 11.8. The molecular weight excluding hydrogens is 232 g/mol. The summed E-state index contributed by atoms with van der Waals surface area (Å²) in [6.45, 7) is 0.0805. The zero-order valence-electron chi connectivity index (χ0n) is 7.91. The molecule has 0 aromatic heterocycles. The lowest BCUT2D eigenvalue weighted by Gasteiger charge is -1.98. The first-order valence-corrected chi connectivity index (χ1v) is 5.74. The smallest absolute Gasteiger partial charge is 0.266 e. The summed E-state index contributed by atoms with van der Waals surface area (Å²) in [4.78, 5) is 13.9. The Kier molecular flexibility index (Phi) is 2.30. The number of hydrogen-bond acceptors (Lipinski definition) is 4. The molecule has 0 saturated heterocycles. The summed E-state index contributed by atoms with van der Waals surface area (Å²) in [7, 11) is -3.70. The van der Waals surface area contributed by atoms with Crippen molar-refractivity contribution in [2.75, 3.05) is 0 Å². The van der Waals surface area contributed by atoms with E-state index in [0.29, 0.717) is 5.56 Å². The van der Waals surface area contributed by atoms with Gasteiger partial charge in [-0.3, -0.25) is 4.79 Å². The maximum absolute atomic E-state index is 11.4. The van der Waals surface area contributed by atoms with Crippen LogP contribution in [0.4, 0.5) is 0 Å². The van der Waals surface area contributed by atoms with Crippen molar-refractivity contribution in [2.45, 2.75) is 11.4 Å². The summed E-state index contributed by atoms with van der Waals surface area (Å²) < 4.78 is 24.6. The van der Waals surface area contributed by atoms with Gasteiger partial charge < -0.3 is 0 Å². The lowest BCUT2D eigenvalue weighted by atomic mass is 10.1. The largest absolute Gasteiger partial charge is 0.268 e. The van der Waals surface area contributed by atoms with Gasteiger partial charge in [-0.2, -0.15) is 0 Å². The molecule has 1 N–H and O–H groups in total. The molecule has 1 heterocycles. The van der Waals surface area contributed by atoms with Crippen LogP contribution in [0.3, 0.4) is 0 Å². The van der Waals surface area contributed by atoms with E-state index in [9.17, 15) is 13.2 Å². The first kappa shape index (κ1) is 10.5. The standard InChI is InChI=1S/C8H6N4O3S/c9-12-10-4-5-1-2-7-6(3-5)8(13)11-16(7,14)15/h1-3H,4H2,(H,11,13). The quantitative estimate of drug-likeness (QED) is 0.469. The normalized spacial score (nSPS) is 16.1. The van der Waals surface area contributed by atoms with Gasteiger partial charge in [0.2, 0.25) is 0 Å². The highest BCUT2D eigenvalue weighted by Gasteiger charge is 2.32. The number of azide groups is 1. The van der Waals surface area contributed by atoms with Crippen LogP contribution in [0.15, 0.2) is 28.2 Å². The number of carbonyl (C=O) groups is 1. The molecule has 0 spiro atoms. The van der Waals surface area contributed by atoms with Gasteiger partial charge in [-0.1, -0.05) is 11.2 Å². The molecular formula is C8H6N4O3S. The molecule has 0 unspecified atom stereocenters. The number of benzene rings is 1. The summed E-state index contributed by atoms with van der Waals surface area (Å²) in [5.74, 6) is -0.655. The molecule has 1 aliphatic rings. The maximum atomic E-state index is 11.4. The Bertz CT molecular complexity index is 616. The summed E-state index contributed by atoms with van der Waals surface area (Å²) in [6, 6.07) is 4.24. The van der Waals surface area contributed by atoms with Crippen LogP contribution >= 0.6 is 0 Å². The molecule has 0 aliphatic carbocycles. The van der Waals surface area contributed by atoms with E-state index >= 15 is 0 Å². The van der Waals surface area contributed by atoms with E-state index in [1.807, 2.05) is 4.72 Å². The zero-order valence-corrected chi connectivity index (χ0v) is 8.73. The molecule has 1 aliphatic heterocycles. The second kappa shape index (κ2) is 3.51. The van der Waals surface area contributed by atoms with Gasteiger partial charge >= 0.3 is 0 Å². The van der Waals surface area contributed by atoms with E-state index in [0.717, 1.165) is 0 Å². The van der Waals surface area contributed by atoms with Crippen molar-refractivity contribution >= 4 is 15.9 Å². The third kappa shape index (κ3) is 1.60. The van der Waals surface area contributed by atoms with Crippen molar-refractivity contribution in [3.8, 4) is 0 Å². The van der Waals surface area contributed by atoms with Gasteiger partial charge in [-0.25, -0.2) is 13.1 Å². The van der Waals surface area contributed by atoms with Gasteiger partial charge in [-0.15, -0.1) is 0 Å². The minimum atomic E-state index is -3.70. The Labute approximate surface area is 90.8 Å². The Morgan fingerprint density at radius 1 is 1.44 bits per heavy atom. The number of fused-ring (bicyclic) bond motifs is 1. The van der Waals surface area contributed by atoms with Crippen molar-refractivity contribution in [3.05, 3.63) is 39.8 Å². The lowest BCUT2D eigenvalue weighted by Crippen LogP contribution is -2.20. The molecule has 82 valence electrons. The molecule has 0 radical (unpaired) electrons. The van der Waals surface area contributed by atoms with Crippen molar-refractivity contribution in [2.24, 2.45) is 5.11 Å². The van der Waals surface area contributed by atoms with Crippen LogP contribution < -0.4 is 4.72 Å². The number of rotatable bonds is 2. The summed E-state index contributed by atoms with van der Waals surface area (Å²) in [6.07, 6.45) is 0. The van der Waals surface area contributed by atoms with E-state index in [4.69, 9.17) is 5.53 Å². The summed E-state index contributed by atoms with van der Waals surface area (Å²) >= 11 is 0. The molecule has 0 fully saturated rings. The van der Waals surface area contributed by atoms with Gasteiger partial charge in [0.1, 0.15) is 4.90 Å². The lowest BCUT2D eigenvalue weighted by molar-refractivity contribution is 0.0985. The van der Waals surface area contributed by atoms with E-state index in [2.05, 4.69) is 10.0 Å². The topological polar surface area (TPSA) is 112 Å². The van der Waals surface area contributed by atoms with E-state index in [-0.39, 0.29) is 17.0 Å². The molecule has 2 rings (SSSR count). The molecule has 0 bridgehead atoms. The second-order valence-electron chi connectivity index (χ2n) is 3.15. The van der Waals surface area contributed by atoms with Crippen molar-refractivity contribution in [1.29, 1.82) is 0 Å². The van der Waals surface area contributed by atoms with Crippen LogP contribution in [0.1, 0.15) is 15.9 Å². The van der Waals surface area contributed by atoms with Crippen LogP contribution in [0.2, 0.25) is 0 Å². The molecule has 0 atom stereocenters. The van der Waals surface area contributed by atoms with E-state index in [1.54, 1.807) is 0 Å². The molecule has 16 heavy (non-hydrogen) atoms. The van der Waals surface area contributed by atoms with Gasteiger partial charge in [0.25, 0.3) is 15.9 Å². The number of amides is 1. The predicted octanol–water partition coefficient (Wildman–Crippen LogP) is 0.929. The number of nitrogens with one attached hydrogen (secondary N) is 1. The minimum Gasteiger partial charge on any atom is -0.268 e. The fourth-order valence-electron chi connectivity index (χ4n) is 1.43. The van der Waals surface area contributed by atoms with Gasteiger partial charge in [0, 0.05) is 4.91 Å². The van der Waals surface area contributed by atoms with Crippen molar-refractivity contribution in [1.82, 2.24) is 4.72 Å². The van der Waals surface area contributed by atoms with Crippen LogP contribution in [0.5, 0.6) is 0 Å². The Hall–Kier alpha value is -2.05. The van der Waals surface area contributed by atoms with Crippen molar-refractivity contribution < 1.29 is 13.2 Å². The highest BCUT2D eigenvalue weighted by atomic mass is 32.2. The minimum absolute atomic E-state index is 0.0396. The maximum Gasteiger partial charge on any atom is 0.266 e. The molecule has 1 aromatic rings. The number of carbonyl (C=O) groups excluding carboxylic acids is 1. The summed E-state index contributed by atoms with van der Waals surface area (Å²) in [5.41, 5.74) is 8.81. The van der Waals surface area contributed by atoms with Crippen LogP contribution in [-0.4, -0.2) is 14.3 Å². The first-order valence-electron chi connectivity index (χ1n) is 4.25. The van der Waals surface area contributed by atoms with Crippen molar-refractivity contribution in [3.63, 3.8) is 0 Å². The number of nitrogens with zero attached hydrogens (tertiary/aromatic N) is 3. The SMILES string of the molecule is [N-]=[N+]=NCc1ccc2c(c1)C(=O)NS2(=O)=O. The fourth-order valence-corrected chi connectivity index (χ4v) is 2.58.